The molecule has 9 heavy (non-hydrogen) atoms. The van der Waals surface area contributed by atoms with Gasteiger partial charge in [0.2, 0.25) is 0 Å². The van der Waals surface area contributed by atoms with Crippen LogP contribution in [0.3, 0.4) is 0 Å². The summed E-state index contributed by atoms with van der Waals surface area (Å²) < 4.78 is 8.66. The summed E-state index contributed by atoms with van der Waals surface area (Å²) in [6.07, 6.45) is 0. The molecule has 0 heterocycles. The minimum atomic E-state index is -5.14. The van der Waals surface area contributed by atoms with E-state index >= 15 is 0 Å². The molecule has 0 rings (SSSR count). The molecule has 0 aromatic rings. The van der Waals surface area contributed by atoms with Crippen LogP contribution in [-0.4, -0.2) is 17.1 Å². The van der Waals surface area contributed by atoms with Gasteiger partial charge in [0.05, 0.1) is 7.82 Å². The molecule has 0 saturated carbocycles. The molecule has 46 valence electrons. The van der Waals surface area contributed by atoms with Gasteiger partial charge in [-0.25, -0.2) is 0 Å². The summed E-state index contributed by atoms with van der Waals surface area (Å²) in [6.45, 7) is 0. The van der Waals surface area contributed by atoms with Gasteiger partial charge in [0.15, 0.2) is 0 Å². The van der Waals surface area contributed by atoms with E-state index in [0.29, 0.717) is 0 Å². The molecule has 0 aliphatic carbocycles. The first-order valence-corrected chi connectivity index (χ1v) is 2.69. The van der Waals surface area contributed by atoms with Crippen LogP contribution < -0.4 is 113 Å². The van der Waals surface area contributed by atoms with Crippen molar-refractivity contribution in [3.8, 4) is 0 Å². The first kappa shape index (κ1) is 22.8. The van der Waals surface area contributed by atoms with Crippen LogP contribution in [0.15, 0.2) is 0 Å². The Morgan fingerprint density at radius 2 is 1.22 bits per heavy atom. The Kier molecular flexibility index (Phi) is 35.2. The number of aliphatic hydroxyl groups excluding tert-OH is 1. The second-order valence-corrected chi connectivity index (χ2v) is 1.41. The van der Waals surface area contributed by atoms with Crippen molar-refractivity contribution in [2.24, 2.45) is 0 Å². The van der Waals surface area contributed by atoms with Gasteiger partial charge >= 0.3 is 103 Å². The summed E-state index contributed by atoms with van der Waals surface area (Å²) in [6, 6.07) is 0. The summed E-state index contributed by atoms with van der Waals surface area (Å²) >= 11 is 0. The van der Waals surface area contributed by atoms with Crippen LogP contribution in [0.4, 0.5) is 0 Å². The van der Waals surface area contributed by atoms with Crippen LogP contribution >= 0.6 is 7.82 Å². The maximum atomic E-state index is 8.66. The minimum absolute atomic E-state index is 0. The van der Waals surface area contributed by atoms with E-state index < -0.39 is 7.82 Å². The Balaban J connectivity index is -0.0000000286. The number of hydrogen-bond donors (Lipinski definition) is 2. The van der Waals surface area contributed by atoms with Gasteiger partial charge in [-0.05, 0) is 0 Å². The third kappa shape index (κ3) is 88.6. The molecule has 0 aliphatic rings. The summed E-state index contributed by atoms with van der Waals surface area (Å²) in [5.41, 5.74) is 0. The topological polar surface area (TPSA) is 104 Å². The molecule has 0 radical (unpaired) electrons. The monoisotopic (exact) mass is 206 g/mol. The second-order valence-electron chi connectivity index (χ2n) is 0.469. The van der Waals surface area contributed by atoms with E-state index in [1.807, 2.05) is 0 Å². The van der Waals surface area contributed by atoms with Crippen LogP contribution in [0.5, 0.6) is 0 Å². The molecule has 0 aromatic heterocycles. The zero-order valence-electron chi connectivity index (χ0n) is 5.57. The van der Waals surface area contributed by atoms with E-state index in [0.717, 1.165) is 7.11 Å². The number of rotatable bonds is 0. The van der Waals surface area contributed by atoms with Gasteiger partial charge in [-0.3, -0.25) is 0 Å². The Morgan fingerprint density at radius 3 is 1.22 bits per heavy atom. The van der Waals surface area contributed by atoms with Gasteiger partial charge in [0.1, 0.15) is 0 Å². The molecule has 0 saturated heterocycles. The van der Waals surface area contributed by atoms with Gasteiger partial charge in [0, 0.05) is 7.11 Å². The van der Waals surface area contributed by atoms with E-state index in [2.05, 4.69) is 0 Å². The molecule has 0 unspecified atom stereocenters. The largest absolute Gasteiger partial charge is 1.00 e. The average Bonchev–Trinajstić information content (AvgIpc) is 1.36. The Hall–Kier alpha value is 3.34. The van der Waals surface area contributed by atoms with Crippen molar-refractivity contribution < 1.29 is 127 Å². The van der Waals surface area contributed by atoms with Crippen LogP contribution in [0.25, 0.3) is 0 Å². The SMILES string of the molecule is CO.O=P([O-])([O-])O.[K+].[K+]. The zero-order chi connectivity index (χ0) is 6.50. The molecule has 0 fully saturated rings. The number of phosphoric acid groups is 1. The second kappa shape index (κ2) is 13.9. The molecule has 0 atom stereocenters. The molecule has 0 bridgehead atoms. The summed E-state index contributed by atoms with van der Waals surface area (Å²) in [4.78, 5) is 24.3. The van der Waals surface area contributed by atoms with Crippen molar-refractivity contribution in [1.82, 2.24) is 0 Å². The zero-order valence-corrected chi connectivity index (χ0v) is 12.7. The molecule has 0 aromatic carbocycles. The normalized spacial score (nSPS) is 7.22. The van der Waals surface area contributed by atoms with Crippen LogP contribution in [0, 0.1) is 0 Å². The van der Waals surface area contributed by atoms with E-state index in [4.69, 9.17) is 24.4 Å². The number of aliphatic hydroxyl groups is 1. The molecule has 0 amide bonds. The Morgan fingerprint density at radius 1 is 1.22 bits per heavy atom. The first-order valence-electron chi connectivity index (χ1n) is 1.19. The average molecular weight is 206 g/mol. The third-order valence-electron chi connectivity index (χ3n) is 0. The van der Waals surface area contributed by atoms with Crippen LogP contribution in [0.1, 0.15) is 0 Å². The van der Waals surface area contributed by atoms with E-state index in [1.165, 1.54) is 0 Å². The fourth-order valence-electron chi connectivity index (χ4n) is 0. The predicted octanol–water partition coefficient (Wildman–Crippen LogP) is -8.58. The van der Waals surface area contributed by atoms with Crippen LogP contribution in [-0.2, 0) is 4.57 Å². The fourth-order valence-corrected chi connectivity index (χ4v) is 0. The minimum Gasteiger partial charge on any atom is -0.790 e. The third-order valence-corrected chi connectivity index (χ3v) is 0. The number of hydrogen-bond acceptors (Lipinski definition) is 4. The summed E-state index contributed by atoms with van der Waals surface area (Å²) in [5.74, 6) is 0. The molecule has 5 nitrogen and oxygen atoms in total. The maximum absolute atomic E-state index is 8.66. The van der Waals surface area contributed by atoms with Crippen molar-refractivity contribution in [3.05, 3.63) is 0 Å². The molecular weight excluding hydrogens is 201 g/mol. The van der Waals surface area contributed by atoms with Crippen molar-refractivity contribution in [1.29, 1.82) is 0 Å². The molecule has 0 spiro atoms. The van der Waals surface area contributed by atoms with Gasteiger partial charge in [-0.15, -0.1) is 0 Å². The fraction of sp³-hybridized carbons (Fsp3) is 1.00. The predicted molar refractivity (Wildman–Crippen MR) is 18.0 cm³/mol. The van der Waals surface area contributed by atoms with Gasteiger partial charge < -0.3 is 24.4 Å². The van der Waals surface area contributed by atoms with Gasteiger partial charge in [-0.1, -0.05) is 0 Å². The standard InChI is InChI=1S/CH4O.2K.H3O4P/c1-2;;;1-5(2,3)4/h2H,1H3;;;(H3,1,2,3,4)/q;2*+1;/p-2. The summed E-state index contributed by atoms with van der Waals surface area (Å²) in [7, 11) is -4.14. The van der Waals surface area contributed by atoms with Gasteiger partial charge in [0.25, 0.3) is 0 Å². The van der Waals surface area contributed by atoms with E-state index in [1.54, 1.807) is 0 Å². The van der Waals surface area contributed by atoms with Crippen molar-refractivity contribution >= 4 is 7.82 Å². The van der Waals surface area contributed by atoms with Crippen LogP contribution in [0.2, 0.25) is 0 Å². The first-order chi connectivity index (χ1) is 3.00. The van der Waals surface area contributed by atoms with Crippen molar-refractivity contribution in [2.75, 3.05) is 7.11 Å². The van der Waals surface area contributed by atoms with Gasteiger partial charge in [-0.2, -0.15) is 0 Å². The van der Waals surface area contributed by atoms with Crippen molar-refractivity contribution in [2.45, 2.75) is 0 Å². The Labute approximate surface area is 138 Å². The molecule has 8 heteroatoms. The molecule has 2 N–H and O–H groups in total. The molecular formula is CH5K2O5P. The molecule has 0 aliphatic heterocycles. The van der Waals surface area contributed by atoms with E-state index in [9.17, 15) is 0 Å². The quantitative estimate of drug-likeness (QED) is 0.302. The van der Waals surface area contributed by atoms with E-state index in [-0.39, 0.29) is 103 Å². The Bertz CT molecular complexity index is 61.1. The smallest absolute Gasteiger partial charge is 0.790 e. The summed E-state index contributed by atoms with van der Waals surface area (Å²) in [5, 5.41) is 7.00. The maximum Gasteiger partial charge on any atom is 1.00 e. The van der Waals surface area contributed by atoms with Crippen molar-refractivity contribution in [3.63, 3.8) is 0 Å².